The van der Waals surface area contributed by atoms with E-state index in [0.717, 1.165) is 50.0 Å². The van der Waals surface area contributed by atoms with Crippen LogP contribution in [0.15, 0.2) is 24.3 Å². The first-order chi connectivity index (χ1) is 14.4. The summed E-state index contributed by atoms with van der Waals surface area (Å²) in [6, 6.07) is 7.93. The monoisotopic (exact) mass is 438 g/mol. The number of hydrogen-bond acceptors (Lipinski definition) is 7. The molecule has 3 fully saturated rings. The zero-order chi connectivity index (χ0) is 21.1. The number of aliphatic hydroxyl groups excluding tert-OH is 1. The number of β-amino-alcohol motifs (C(OH)–C–C–N with tert-alkyl or cyclic N) is 1. The predicted molar refractivity (Wildman–Crippen MR) is 118 cm³/mol. The Labute approximate surface area is 179 Å². The molecule has 3 aliphatic rings. The van der Waals surface area contributed by atoms with Crippen molar-refractivity contribution in [2.45, 2.75) is 37.8 Å². The molecule has 168 valence electrons. The van der Waals surface area contributed by atoms with Crippen LogP contribution in [0.3, 0.4) is 0 Å². The summed E-state index contributed by atoms with van der Waals surface area (Å²) in [7, 11) is -3.26. The fourth-order valence-electron chi connectivity index (χ4n) is 4.22. The molecule has 1 saturated heterocycles. The fourth-order valence-corrected chi connectivity index (χ4v) is 4.79. The lowest BCUT2D eigenvalue weighted by Gasteiger charge is -2.37. The van der Waals surface area contributed by atoms with Gasteiger partial charge in [-0.25, -0.2) is 8.42 Å². The lowest BCUT2D eigenvalue weighted by Crippen LogP contribution is -2.49. The maximum absolute atomic E-state index is 11.3. The molecule has 1 heterocycles. The van der Waals surface area contributed by atoms with Crippen molar-refractivity contribution in [3.63, 3.8) is 0 Å². The summed E-state index contributed by atoms with van der Waals surface area (Å²) in [5.41, 5.74) is 4.88. The number of nitrogens with one attached hydrogen (secondary N) is 2. The highest BCUT2D eigenvalue weighted by atomic mass is 32.2. The molecule has 8 nitrogen and oxygen atoms in total. The van der Waals surface area contributed by atoms with E-state index in [4.69, 9.17) is 4.84 Å². The minimum Gasteiger partial charge on any atom is -0.389 e. The van der Waals surface area contributed by atoms with Crippen molar-refractivity contribution in [2.24, 2.45) is 11.8 Å². The van der Waals surface area contributed by atoms with Gasteiger partial charge in [0.25, 0.3) is 0 Å². The van der Waals surface area contributed by atoms with Gasteiger partial charge in [-0.05, 0) is 61.8 Å². The van der Waals surface area contributed by atoms with Crippen LogP contribution in [0.2, 0.25) is 0 Å². The molecule has 1 aromatic carbocycles. The number of rotatable bonds is 11. The van der Waals surface area contributed by atoms with Crippen molar-refractivity contribution < 1.29 is 18.4 Å². The topological polar surface area (TPSA) is 94.1 Å². The molecule has 1 aliphatic heterocycles. The van der Waals surface area contributed by atoms with Crippen LogP contribution < -0.4 is 15.1 Å². The third kappa shape index (κ3) is 6.55. The van der Waals surface area contributed by atoms with Gasteiger partial charge in [0, 0.05) is 50.1 Å². The SMILES string of the molecule is CS(=O)(=O)Nc1ccc(N2CCN(CC(O)CONC(C3CC3)C3CC3)CC2)cc1. The van der Waals surface area contributed by atoms with Crippen LogP contribution in [0.5, 0.6) is 0 Å². The highest BCUT2D eigenvalue weighted by molar-refractivity contribution is 7.92. The van der Waals surface area contributed by atoms with Crippen LogP contribution in [0, 0.1) is 11.8 Å². The molecule has 0 spiro atoms. The number of hydrogen-bond donors (Lipinski definition) is 3. The molecule has 0 aromatic heterocycles. The smallest absolute Gasteiger partial charge is 0.229 e. The Hall–Kier alpha value is -1.39. The van der Waals surface area contributed by atoms with Gasteiger partial charge < -0.3 is 10.0 Å². The lowest BCUT2D eigenvalue weighted by molar-refractivity contribution is -0.0501. The first-order valence-corrected chi connectivity index (χ1v) is 12.9. The number of nitrogens with zero attached hydrogens (tertiary/aromatic N) is 2. The van der Waals surface area contributed by atoms with E-state index < -0.39 is 16.1 Å². The number of hydroxylamine groups is 1. The first-order valence-electron chi connectivity index (χ1n) is 11.0. The Bertz CT molecular complexity index is 776. The second kappa shape index (κ2) is 9.40. The number of anilines is 2. The summed E-state index contributed by atoms with van der Waals surface area (Å²) >= 11 is 0. The Morgan fingerprint density at radius 3 is 2.20 bits per heavy atom. The van der Waals surface area contributed by atoms with E-state index in [9.17, 15) is 13.5 Å². The van der Waals surface area contributed by atoms with Gasteiger partial charge in [0.05, 0.1) is 19.0 Å². The lowest BCUT2D eigenvalue weighted by atomic mass is 10.1. The predicted octanol–water partition coefficient (Wildman–Crippen LogP) is 1.25. The molecular weight excluding hydrogens is 404 g/mol. The molecule has 9 heteroatoms. The summed E-state index contributed by atoms with van der Waals surface area (Å²) in [6.45, 7) is 4.43. The van der Waals surface area contributed by atoms with Gasteiger partial charge in [-0.15, -0.1) is 0 Å². The average molecular weight is 439 g/mol. The van der Waals surface area contributed by atoms with Gasteiger partial charge in [0.2, 0.25) is 10.0 Å². The van der Waals surface area contributed by atoms with E-state index in [-0.39, 0.29) is 0 Å². The molecule has 2 aliphatic carbocycles. The molecule has 3 N–H and O–H groups in total. The third-order valence-electron chi connectivity index (χ3n) is 6.13. The van der Waals surface area contributed by atoms with Gasteiger partial charge in [0.15, 0.2) is 0 Å². The highest BCUT2D eigenvalue weighted by Gasteiger charge is 2.41. The van der Waals surface area contributed by atoms with E-state index in [1.807, 2.05) is 12.1 Å². The maximum atomic E-state index is 11.3. The molecule has 0 bridgehead atoms. The Balaban J connectivity index is 1.15. The molecule has 0 amide bonds. The van der Waals surface area contributed by atoms with E-state index in [0.29, 0.717) is 24.9 Å². The van der Waals surface area contributed by atoms with Crippen molar-refractivity contribution in [1.82, 2.24) is 10.4 Å². The molecule has 0 radical (unpaired) electrons. The highest BCUT2D eigenvalue weighted by Crippen LogP contribution is 2.44. The summed E-state index contributed by atoms with van der Waals surface area (Å²) in [6.07, 6.45) is 5.88. The molecule has 4 rings (SSSR count). The van der Waals surface area contributed by atoms with Crippen LogP contribution in [-0.2, 0) is 14.9 Å². The zero-order valence-electron chi connectivity index (χ0n) is 17.7. The maximum Gasteiger partial charge on any atom is 0.229 e. The quantitative estimate of drug-likeness (QED) is 0.448. The van der Waals surface area contributed by atoms with Crippen LogP contribution >= 0.6 is 0 Å². The van der Waals surface area contributed by atoms with Crippen molar-refractivity contribution in [3.8, 4) is 0 Å². The minimum atomic E-state index is -3.26. The second-order valence-electron chi connectivity index (χ2n) is 8.99. The largest absolute Gasteiger partial charge is 0.389 e. The number of sulfonamides is 1. The van der Waals surface area contributed by atoms with E-state index in [1.54, 1.807) is 12.1 Å². The zero-order valence-corrected chi connectivity index (χ0v) is 18.5. The molecule has 1 aromatic rings. The standard InChI is InChI=1S/C21H34N4O4S/c1-30(27,28)23-18-6-8-19(9-7-18)25-12-10-24(11-13-25)14-20(26)15-29-22-21(16-2-3-16)17-4-5-17/h6-9,16-17,20-23,26H,2-5,10-15H2,1H3. The molecular formula is C21H34N4O4S. The van der Waals surface area contributed by atoms with E-state index in [1.165, 1.54) is 25.7 Å². The van der Waals surface area contributed by atoms with Crippen LogP contribution in [0.1, 0.15) is 25.7 Å². The third-order valence-corrected chi connectivity index (χ3v) is 6.74. The molecule has 30 heavy (non-hydrogen) atoms. The molecule has 1 atom stereocenters. The number of piperazine rings is 1. The average Bonchev–Trinajstić information content (AvgIpc) is 3.60. The van der Waals surface area contributed by atoms with Gasteiger partial charge in [-0.2, -0.15) is 5.48 Å². The summed E-state index contributed by atoms with van der Waals surface area (Å²) in [5, 5.41) is 10.4. The summed E-state index contributed by atoms with van der Waals surface area (Å²) in [4.78, 5) is 10.2. The number of aliphatic hydroxyl groups is 1. The van der Waals surface area contributed by atoms with E-state index in [2.05, 4.69) is 20.0 Å². The number of benzene rings is 1. The second-order valence-corrected chi connectivity index (χ2v) is 10.7. The minimum absolute atomic E-state index is 0.324. The molecule has 2 saturated carbocycles. The Kier molecular flexibility index (Phi) is 6.84. The van der Waals surface area contributed by atoms with Crippen molar-refractivity contribution in [3.05, 3.63) is 24.3 Å². The Morgan fingerprint density at radius 2 is 1.67 bits per heavy atom. The van der Waals surface area contributed by atoms with Gasteiger partial charge in [0.1, 0.15) is 0 Å². The van der Waals surface area contributed by atoms with Crippen LogP contribution in [-0.4, -0.2) is 76.2 Å². The summed E-state index contributed by atoms with van der Waals surface area (Å²) < 4.78 is 25.1. The normalized spacial score (nSPS) is 21.8. The van der Waals surface area contributed by atoms with Crippen molar-refractivity contribution in [1.29, 1.82) is 0 Å². The molecule has 1 unspecified atom stereocenters. The van der Waals surface area contributed by atoms with Crippen LogP contribution in [0.4, 0.5) is 11.4 Å². The van der Waals surface area contributed by atoms with Crippen LogP contribution in [0.25, 0.3) is 0 Å². The van der Waals surface area contributed by atoms with Gasteiger partial charge >= 0.3 is 0 Å². The Morgan fingerprint density at radius 1 is 1.07 bits per heavy atom. The van der Waals surface area contributed by atoms with Gasteiger partial charge in [-0.1, -0.05) is 0 Å². The first kappa shape index (κ1) is 21.8. The summed E-state index contributed by atoms with van der Waals surface area (Å²) in [5.74, 6) is 1.55. The fraction of sp³-hybridized carbons (Fsp3) is 0.714. The van der Waals surface area contributed by atoms with Crippen molar-refractivity contribution >= 4 is 21.4 Å². The van der Waals surface area contributed by atoms with E-state index >= 15 is 0 Å². The van der Waals surface area contributed by atoms with Gasteiger partial charge in [-0.3, -0.25) is 14.5 Å². The van der Waals surface area contributed by atoms with Crippen molar-refractivity contribution in [2.75, 3.05) is 55.2 Å².